The van der Waals surface area contributed by atoms with Gasteiger partial charge >= 0.3 is 0 Å². The highest BCUT2D eigenvalue weighted by atomic mass is 16.1. The first kappa shape index (κ1) is 4.44. The zero-order valence-electron chi connectivity index (χ0n) is 3.06. The van der Waals surface area contributed by atoms with Crippen molar-refractivity contribution in [3.05, 3.63) is 0 Å². The molecule has 0 saturated carbocycles. The Labute approximate surface area is 31.3 Å². The first-order valence-electron chi connectivity index (χ1n) is 1.45. The monoisotopic (exact) mass is 69.0 g/mol. The van der Waals surface area contributed by atoms with Gasteiger partial charge in [0.1, 0.15) is 7.85 Å². The van der Waals surface area contributed by atoms with E-state index in [-0.39, 0.29) is 0 Å². The molecule has 0 saturated heterocycles. The summed E-state index contributed by atoms with van der Waals surface area (Å²) in [5.74, 6) is 0. The number of nitrogens with zero attached hydrogens (tertiary/aromatic N) is 1. The third kappa shape index (κ3) is 3.44. The van der Waals surface area contributed by atoms with Crippen LogP contribution in [0.3, 0.4) is 0 Å². The van der Waals surface area contributed by atoms with Crippen molar-refractivity contribution in [3.8, 4) is 0 Å². The van der Waals surface area contributed by atoms with Crippen LogP contribution in [0.1, 0.15) is 0 Å². The minimum atomic E-state index is 0.545. The molecule has 0 bridgehead atoms. The molecule has 0 spiro atoms. The summed E-state index contributed by atoms with van der Waals surface area (Å²) >= 11 is 0. The summed E-state index contributed by atoms with van der Waals surface area (Å²) in [5, 5.41) is 0. The maximum absolute atomic E-state index is 9.11. The van der Waals surface area contributed by atoms with E-state index in [4.69, 9.17) is 4.79 Å². The molecule has 0 radical (unpaired) electrons. The molecule has 0 aliphatic carbocycles. The molecule has 0 aliphatic heterocycles. The van der Waals surface area contributed by atoms with E-state index in [9.17, 15) is 0 Å². The topological polar surface area (TPSA) is 29.4 Å². The van der Waals surface area contributed by atoms with Crippen LogP contribution in [0.5, 0.6) is 0 Å². The molecule has 0 aliphatic rings. The van der Waals surface area contributed by atoms with Gasteiger partial charge in [-0.15, -0.1) is 0 Å². The van der Waals surface area contributed by atoms with E-state index >= 15 is 0 Å². The highest BCUT2D eigenvalue weighted by molar-refractivity contribution is 6.09. The van der Waals surface area contributed by atoms with Crippen molar-refractivity contribution in [1.29, 1.82) is 0 Å². The molecule has 0 atom stereocenters. The number of hydrogen-bond acceptors (Lipinski definition) is 2. The predicted octanol–water partition coefficient (Wildman–Crippen LogP) is -1.09. The van der Waals surface area contributed by atoms with Crippen molar-refractivity contribution in [1.82, 2.24) is 0 Å². The molecule has 5 heavy (non-hydrogen) atoms. The Morgan fingerprint density at radius 1 is 2.00 bits per heavy atom. The van der Waals surface area contributed by atoms with Gasteiger partial charge in [0.15, 0.2) is 0 Å². The van der Waals surface area contributed by atoms with Gasteiger partial charge in [-0.2, -0.15) is 0 Å². The molecule has 0 amide bonds. The van der Waals surface area contributed by atoms with Crippen LogP contribution in [0, 0.1) is 0 Å². The highest BCUT2D eigenvalue weighted by Gasteiger charge is 1.53. The molecule has 0 unspecified atom stereocenters. The average molecular weight is 68.9 g/mol. The zero-order valence-corrected chi connectivity index (χ0v) is 3.06. The Morgan fingerprint density at radius 3 is 2.60 bits per heavy atom. The van der Waals surface area contributed by atoms with Crippen LogP contribution in [0.15, 0.2) is 4.99 Å². The van der Waals surface area contributed by atoms with Gasteiger partial charge in [-0.3, -0.25) is 0 Å². The van der Waals surface area contributed by atoms with Crippen LogP contribution in [0.2, 0.25) is 0 Å². The molecule has 0 rings (SSSR count). The Balaban J connectivity index is 2.93. The smallest absolute Gasteiger partial charge is 0.215 e. The van der Waals surface area contributed by atoms with E-state index in [2.05, 4.69) is 4.99 Å². The summed E-state index contributed by atoms with van der Waals surface area (Å²) in [6.45, 7) is 0. The Bertz CT molecular complexity index is 56.7. The molecule has 0 aromatic heterocycles. The molecule has 0 heterocycles. The van der Waals surface area contributed by atoms with Gasteiger partial charge < -0.3 is 0 Å². The summed E-state index contributed by atoms with van der Waals surface area (Å²) < 4.78 is 0. The molecule has 2 nitrogen and oxygen atoms in total. The van der Waals surface area contributed by atoms with E-state index in [1.165, 1.54) is 6.08 Å². The van der Waals surface area contributed by atoms with Crippen LogP contribution in [-0.2, 0) is 4.79 Å². The van der Waals surface area contributed by atoms with Gasteiger partial charge in [0.05, 0.1) is 0 Å². The van der Waals surface area contributed by atoms with E-state index in [0.717, 1.165) is 0 Å². The largest absolute Gasteiger partial charge is 0.234 e. The summed E-state index contributed by atoms with van der Waals surface area (Å²) in [7, 11) is 1.78. The lowest BCUT2D eigenvalue weighted by Crippen LogP contribution is -1.68. The quantitative estimate of drug-likeness (QED) is 0.218. The lowest BCUT2D eigenvalue weighted by Gasteiger charge is -1.57. The number of carbonyl (C=O) groups excluding carboxylic acids is 1. The van der Waals surface area contributed by atoms with E-state index < -0.39 is 0 Å². The summed E-state index contributed by atoms with van der Waals surface area (Å²) in [5.41, 5.74) is 0. The van der Waals surface area contributed by atoms with E-state index in [1.54, 1.807) is 7.85 Å². The Hall–Kier alpha value is -0.555. The first-order valence-corrected chi connectivity index (χ1v) is 1.45. The van der Waals surface area contributed by atoms with Crippen molar-refractivity contribution in [2.24, 2.45) is 4.99 Å². The maximum Gasteiger partial charge on any atom is 0.234 e. The van der Waals surface area contributed by atoms with Crippen LogP contribution in [0.25, 0.3) is 0 Å². The van der Waals surface area contributed by atoms with Gasteiger partial charge in [0.25, 0.3) is 0 Å². The summed E-state index contributed by atoms with van der Waals surface area (Å²) in [6.07, 6.45) is 1.94. The lowest BCUT2D eigenvalue weighted by atomic mass is 10.2. The van der Waals surface area contributed by atoms with Crippen LogP contribution in [0.4, 0.5) is 0 Å². The molecule has 3 heteroatoms. The van der Waals surface area contributed by atoms with E-state index in [0.29, 0.717) is 6.44 Å². The molecule has 0 aromatic carbocycles. The van der Waals surface area contributed by atoms with Crippen molar-refractivity contribution in [2.45, 2.75) is 0 Å². The molecule has 26 valence electrons. The summed E-state index contributed by atoms with van der Waals surface area (Å²) in [4.78, 5) is 12.3. The van der Waals surface area contributed by atoms with Crippen molar-refractivity contribution < 1.29 is 4.79 Å². The number of aliphatic imine (C=N–C) groups is 1. The van der Waals surface area contributed by atoms with Gasteiger partial charge in [0.2, 0.25) is 6.08 Å². The van der Waals surface area contributed by atoms with Crippen LogP contribution >= 0.6 is 0 Å². The fourth-order valence-corrected chi connectivity index (χ4v) is 0.0645. The minimum Gasteiger partial charge on any atom is -0.215 e. The first-order chi connectivity index (χ1) is 2.41. The minimum absolute atomic E-state index is 0.545. The molecular formula is C2H4BNO. The normalized spacial score (nSPS) is 5.60. The Morgan fingerprint density at radius 2 is 2.60 bits per heavy atom. The highest BCUT2D eigenvalue weighted by Crippen LogP contribution is 1.45. The Kier molecular flexibility index (Phi) is 3.06. The number of hydrogen-bond donors (Lipinski definition) is 0. The van der Waals surface area contributed by atoms with Crippen molar-refractivity contribution in [3.63, 3.8) is 0 Å². The van der Waals surface area contributed by atoms with Crippen molar-refractivity contribution in [2.75, 3.05) is 6.44 Å². The van der Waals surface area contributed by atoms with Gasteiger partial charge in [-0.1, -0.05) is 0 Å². The number of isocyanates is 1. The second-order valence-corrected chi connectivity index (χ2v) is 0.566. The zero-order chi connectivity index (χ0) is 4.12. The van der Waals surface area contributed by atoms with Crippen LogP contribution < -0.4 is 0 Å². The third-order valence-corrected chi connectivity index (χ3v) is 0.223. The molecule has 0 N–H and O–H groups in total. The third-order valence-electron chi connectivity index (χ3n) is 0.223. The van der Waals surface area contributed by atoms with Gasteiger partial charge in [0, 0.05) is 6.44 Å². The van der Waals surface area contributed by atoms with Crippen LogP contribution in [-0.4, -0.2) is 20.4 Å². The SMILES string of the molecule is BCN=C=O. The van der Waals surface area contributed by atoms with Gasteiger partial charge in [-0.05, 0) is 0 Å². The predicted molar refractivity (Wildman–Crippen MR) is 21.5 cm³/mol. The fourth-order valence-electron chi connectivity index (χ4n) is 0.0645. The van der Waals surface area contributed by atoms with Gasteiger partial charge in [-0.25, -0.2) is 9.79 Å². The standard InChI is InChI=1S/C2H4BNO/c3-1-4-2-5/h1,3H2. The maximum atomic E-state index is 9.11. The molecule has 0 aromatic rings. The average Bonchev–Trinajstić information content (AvgIpc) is 1.41. The number of rotatable bonds is 1. The van der Waals surface area contributed by atoms with E-state index in [1.807, 2.05) is 0 Å². The molecular weight excluding hydrogens is 64.8 g/mol. The summed E-state index contributed by atoms with van der Waals surface area (Å²) in [6, 6.07) is 0. The lowest BCUT2D eigenvalue weighted by molar-refractivity contribution is 0.564. The van der Waals surface area contributed by atoms with Crippen molar-refractivity contribution >= 4 is 13.9 Å². The second-order valence-electron chi connectivity index (χ2n) is 0.566. The molecule has 0 fully saturated rings. The fraction of sp³-hybridized carbons (Fsp3) is 0.500. The second kappa shape index (κ2) is 3.44.